The molecule has 50 heavy (non-hydrogen) atoms. The molecule has 2 aromatic carbocycles. The van der Waals surface area contributed by atoms with Gasteiger partial charge in [-0.05, 0) is 48.4 Å². The normalized spacial score (nSPS) is 30.5. The molecular formula is C34H38O16. The number of carboxylic acid groups (broad SMARTS) is 1. The summed E-state index contributed by atoms with van der Waals surface area (Å²) in [6.07, 6.45) is -6.87. The minimum absolute atomic E-state index is 0.0727. The van der Waals surface area contributed by atoms with Crippen LogP contribution in [0.1, 0.15) is 29.3 Å². The van der Waals surface area contributed by atoms with Crippen molar-refractivity contribution in [1.29, 1.82) is 0 Å². The van der Waals surface area contributed by atoms with Gasteiger partial charge in [0.1, 0.15) is 30.2 Å². The number of carbonyl (C=O) groups is 3. The van der Waals surface area contributed by atoms with E-state index in [-0.39, 0.29) is 40.6 Å². The summed E-state index contributed by atoms with van der Waals surface area (Å²) in [6, 6.07) is 8.41. The number of phenols is 2. The van der Waals surface area contributed by atoms with E-state index >= 15 is 0 Å². The van der Waals surface area contributed by atoms with Crippen LogP contribution in [0.5, 0.6) is 23.0 Å². The summed E-state index contributed by atoms with van der Waals surface area (Å²) in [7, 11) is 2.66. The number of ether oxygens (including phenoxy) is 7. The van der Waals surface area contributed by atoms with Crippen molar-refractivity contribution in [2.75, 3.05) is 20.8 Å². The third-order valence-electron chi connectivity index (χ3n) is 9.03. The fraction of sp³-hybridized carbons (Fsp3) is 0.441. The van der Waals surface area contributed by atoms with Crippen molar-refractivity contribution < 1.29 is 78.2 Å². The molecule has 1 aliphatic carbocycles. The van der Waals surface area contributed by atoms with Crippen LogP contribution in [0, 0.1) is 17.8 Å². The fourth-order valence-corrected chi connectivity index (χ4v) is 6.42. The molecule has 0 radical (unpaired) electrons. The van der Waals surface area contributed by atoms with Crippen molar-refractivity contribution in [3.63, 3.8) is 0 Å². The Balaban J connectivity index is 1.36. The molecule has 3 aliphatic rings. The number of benzene rings is 2. The van der Waals surface area contributed by atoms with Crippen molar-refractivity contribution in [2.24, 2.45) is 17.8 Å². The van der Waals surface area contributed by atoms with Crippen LogP contribution in [0.15, 0.2) is 54.3 Å². The Hall–Kier alpha value is -4.87. The molecule has 2 heterocycles. The van der Waals surface area contributed by atoms with Gasteiger partial charge in [0.2, 0.25) is 18.3 Å². The average Bonchev–Trinajstić information content (AvgIpc) is 3.42. The van der Waals surface area contributed by atoms with Crippen molar-refractivity contribution in [2.45, 2.75) is 56.4 Å². The second-order valence-electron chi connectivity index (χ2n) is 12.0. The number of rotatable bonds is 11. The zero-order valence-corrected chi connectivity index (χ0v) is 27.1. The summed E-state index contributed by atoms with van der Waals surface area (Å²) < 4.78 is 39.0. The van der Waals surface area contributed by atoms with Gasteiger partial charge in [-0.1, -0.05) is 13.0 Å². The zero-order chi connectivity index (χ0) is 36.3. The number of aliphatic hydroxyl groups excluding tert-OH is 3. The highest BCUT2D eigenvalue weighted by Crippen LogP contribution is 2.49. The maximum Gasteiger partial charge on any atom is 0.338 e. The molecule has 2 aromatic rings. The number of phenolic OH excluding ortho intramolecular Hbond substituents is 2. The number of carbonyl (C=O) groups excluding carboxylic acids is 2. The van der Waals surface area contributed by atoms with E-state index < -0.39 is 85.4 Å². The first kappa shape index (κ1) is 36.4. The Morgan fingerprint density at radius 1 is 0.980 bits per heavy atom. The highest BCUT2D eigenvalue weighted by atomic mass is 16.8. The topological polar surface area (TPSA) is 237 Å². The van der Waals surface area contributed by atoms with E-state index in [2.05, 4.69) is 0 Å². The fourth-order valence-electron chi connectivity index (χ4n) is 6.42. The van der Waals surface area contributed by atoms with Crippen LogP contribution in [0.4, 0.5) is 0 Å². The number of aliphatic carboxylic acids is 1. The van der Waals surface area contributed by atoms with Crippen LogP contribution in [-0.2, 0) is 33.3 Å². The number of hydrogen-bond donors (Lipinski definition) is 6. The molecule has 5 rings (SSSR count). The number of hydrogen-bond acceptors (Lipinski definition) is 15. The van der Waals surface area contributed by atoms with Gasteiger partial charge in [0.05, 0.1) is 38.2 Å². The summed E-state index contributed by atoms with van der Waals surface area (Å²) in [6.45, 7) is 0.968. The molecule has 10 atom stereocenters. The summed E-state index contributed by atoms with van der Waals surface area (Å²) in [5.41, 5.74) is 0.367. The van der Waals surface area contributed by atoms with E-state index in [1.165, 1.54) is 56.7 Å². The highest BCUT2D eigenvalue weighted by molar-refractivity contribution is 5.90. The molecular weight excluding hydrogens is 664 g/mol. The number of methoxy groups -OCH3 is 2. The van der Waals surface area contributed by atoms with E-state index in [4.69, 9.17) is 33.2 Å². The molecule has 16 nitrogen and oxygen atoms in total. The minimum Gasteiger partial charge on any atom is -0.508 e. The van der Waals surface area contributed by atoms with Crippen molar-refractivity contribution in [1.82, 2.24) is 0 Å². The molecule has 2 fully saturated rings. The molecule has 0 bridgehead atoms. The van der Waals surface area contributed by atoms with Gasteiger partial charge in [-0.15, -0.1) is 0 Å². The van der Waals surface area contributed by atoms with E-state index in [1.807, 2.05) is 0 Å². The Bertz CT molecular complexity index is 1610. The largest absolute Gasteiger partial charge is 0.508 e. The van der Waals surface area contributed by atoms with Crippen molar-refractivity contribution >= 4 is 24.0 Å². The van der Waals surface area contributed by atoms with Crippen LogP contribution in [0.25, 0.3) is 6.08 Å². The second kappa shape index (κ2) is 15.3. The number of aliphatic hydroxyl groups is 3. The van der Waals surface area contributed by atoms with Gasteiger partial charge >= 0.3 is 17.9 Å². The summed E-state index contributed by atoms with van der Waals surface area (Å²) in [4.78, 5) is 38.1. The smallest absolute Gasteiger partial charge is 0.338 e. The summed E-state index contributed by atoms with van der Waals surface area (Å²) >= 11 is 0. The van der Waals surface area contributed by atoms with Gasteiger partial charge in [-0.3, -0.25) is 0 Å². The van der Waals surface area contributed by atoms with E-state index in [0.717, 1.165) is 12.3 Å². The maximum absolute atomic E-state index is 13.0. The number of carboxylic acids is 1. The average molecular weight is 703 g/mol. The van der Waals surface area contributed by atoms with Gasteiger partial charge in [0, 0.05) is 23.8 Å². The second-order valence-corrected chi connectivity index (χ2v) is 12.0. The monoisotopic (exact) mass is 702 g/mol. The van der Waals surface area contributed by atoms with Crippen LogP contribution in [0.2, 0.25) is 0 Å². The third-order valence-corrected chi connectivity index (χ3v) is 9.03. The van der Waals surface area contributed by atoms with Crippen LogP contribution < -0.4 is 9.47 Å². The number of fused-ring (bicyclic) bond motifs is 1. The molecule has 1 saturated heterocycles. The van der Waals surface area contributed by atoms with Crippen LogP contribution in [-0.4, -0.2) is 112 Å². The van der Waals surface area contributed by atoms with Gasteiger partial charge in [-0.2, -0.15) is 0 Å². The highest BCUT2D eigenvalue weighted by Gasteiger charge is 2.55. The molecule has 270 valence electrons. The lowest BCUT2D eigenvalue weighted by molar-refractivity contribution is -0.343. The quantitative estimate of drug-likeness (QED) is 0.143. The molecule has 0 amide bonds. The predicted molar refractivity (Wildman–Crippen MR) is 168 cm³/mol. The molecule has 16 heteroatoms. The third kappa shape index (κ3) is 7.49. The van der Waals surface area contributed by atoms with Crippen molar-refractivity contribution in [3.05, 3.63) is 65.4 Å². The maximum atomic E-state index is 13.0. The number of aromatic hydroxyl groups is 2. The lowest BCUT2D eigenvalue weighted by Gasteiger charge is -2.44. The first-order valence-corrected chi connectivity index (χ1v) is 15.6. The first-order chi connectivity index (χ1) is 23.9. The minimum atomic E-state index is -1.81. The molecule has 6 N–H and O–H groups in total. The Morgan fingerprint density at radius 3 is 2.30 bits per heavy atom. The summed E-state index contributed by atoms with van der Waals surface area (Å²) in [5, 5.41) is 61.2. The SMILES string of the molecule is COc1cc(C=CC(=O)O[C@H]2[C@H](O[C@H]3OC=C(C(=O)O)[C@H]4C[C@H](OC(=O)c5cccc(O)c5)[C@H](C)[C@@H]34)O[C@H](CO)[C@@H](O)[C@@H]2O)cc(OC)c1O. The lowest BCUT2D eigenvalue weighted by Crippen LogP contribution is -2.61. The number of esters is 2. The van der Waals surface area contributed by atoms with Gasteiger partial charge in [-0.25, -0.2) is 14.4 Å². The zero-order valence-electron chi connectivity index (χ0n) is 27.1. The van der Waals surface area contributed by atoms with E-state index in [9.17, 15) is 45.0 Å². The molecule has 1 saturated carbocycles. The van der Waals surface area contributed by atoms with E-state index in [1.54, 1.807) is 6.92 Å². The van der Waals surface area contributed by atoms with Crippen molar-refractivity contribution in [3.8, 4) is 23.0 Å². The van der Waals surface area contributed by atoms with Gasteiger partial charge in [0.25, 0.3) is 0 Å². The van der Waals surface area contributed by atoms with E-state index in [0.29, 0.717) is 5.56 Å². The summed E-state index contributed by atoms with van der Waals surface area (Å²) in [5.74, 6) is -5.31. The molecule has 0 spiro atoms. The Morgan fingerprint density at radius 2 is 1.68 bits per heavy atom. The lowest BCUT2D eigenvalue weighted by atomic mass is 9.83. The van der Waals surface area contributed by atoms with Gasteiger partial charge < -0.3 is 63.8 Å². The molecule has 0 aromatic heterocycles. The standard InChI is InChI=1S/C34H38O16/c1-15-21(47-32(43)17-5-4-6-18(36)11-17)12-19-20(31(41)42)14-46-33(26(15)19)50-34-30(29(40)28(39)24(13-35)48-34)49-25(37)8-7-16-9-22(44-2)27(38)23(10-16)45-3/h4-11,14-15,19,21,24,26,28-30,33-36,38-40H,12-13H2,1-3H3,(H,41,42)/t15-,19+,21-,24+,26+,28+,29-,30+,33+,34-/m0/s1. The Kier molecular flexibility index (Phi) is 11.2. The van der Waals surface area contributed by atoms with Crippen LogP contribution in [0.3, 0.4) is 0 Å². The van der Waals surface area contributed by atoms with Crippen LogP contribution >= 0.6 is 0 Å². The predicted octanol–water partition coefficient (Wildman–Crippen LogP) is 1.32. The molecule has 0 unspecified atom stereocenters. The van der Waals surface area contributed by atoms with Gasteiger partial charge in [0.15, 0.2) is 17.6 Å². The first-order valence-electron chi connectivity index (χ1n) is 15.6. The molecule has 2 aliphatic heterocycles. The Labute approximate surface area is 285 Å².